The largest absolute Gasteiger partial charge is 0.379 e. The lowest BCUT2D eigenvalue weighted by atomic mass is 9.90. The fourth-order valence-corrected chi connectivity index (χ4v) is 4.25. The molecule has 1 aliphatic carbocycles. The van der Waals surface area contributed by atoms with Crippen molar-refractivity contribution in [1.82, 2.24) is 24.6 Å². The van der Waals surface area contributed by atoms with Crippen molar-refractivity contribution in [1.29, 1.82) is 0 Å². The minimum atomic E-state index is 0.446. The molecule has 8 heteroatoms. The maximum Gasteiger partial charge on any atom is 0.163 e. The van der Waals surface area contributed by atoms with Crippen molar-refractivity contribution >= 4 is 39.7 Å². The molecule has 2 aromatic heterocycles. The average Bonchev–Trinajstić information content (AvgIpc) is 3.07. The van der Waals surface area contributed by atoms with Crippen LogP contribution in [0.1, 0.15) is 31.7 Å². The zero-order valence-corrected chi connectivity index (χ0v) is 15.1. The number of morpholine rings is 1. The first kappa shape index (κ1) is 15.5. The van der Waals surface area contributed by atoms with Crippen LogP contribution in [0.3, 0.4) is 0 Å². The van der Waals surface area contributed by atoms with E-state index in [4.69, 9.17) is 4.74 Å². The number of aromatic nitrogens is 4. The molecule has 124 valence electrons. The van der Waals surface area contributed by atoms with Crippen molar-refractivity contribution in [2.24, 2.45) is 0 Å². The molecule has 23 heavy (non-hydrogen) atoms. The standard InChI is InChI=1S/C15H21IN6O/c16-20-14-13-9-19-22(15(13)18-10-17-14)12-3-1-11(2-4-12)21-5-7-23-8-6-21/h9-12H,1-8H2,(H,17,18,20). The molecule has 7 nitrogen and oxygen atoms in total. The van der Waals surface area contributed by atoms with E-state index in [1.807, 2.05) is 6.20 Å². The number of fused-ring (bicyclic) bond motifs is 1. The smallest absolute Gasteiger partial charge is 0.163 e. The molecule has 0 aromatic carbocycles. The number of nitrogens with one attached hydrogen (secondary N) is 1. The van der Waals surface area contributed by atoms with Gasteiger partial charge in [-0.3, -0.25) is 4.90 Å². The predicted molar refractivity (Wildman–Crippen MR) is 96.7 cm³/mol. The number of rotatable bonds is 3. The van der Waals surface area contributed by atoms with Crippen LogP contribution in [-0.4, -0.2) is 57.0 Å². The van der Waals surface area contributed by atoms with Crippen molar-refractivity contribution in [2.75, 3.05) is 29.8 Å². The number of anilines is 1. The Morgan fingerprint density at radius 1 is 1.09 bits per heavy atom. The van der Waals surface area contributed by atoms with E-state index in [0.717, 1.165) is 56.0 Å². The first-order valence-corrected chi connectivity index (χ1v) is 9.31. The van der Waals surface area contributed by atoms with Gasteiger partial charge in [0.05, 0.1) is 53.7 Å². The van der Waals surface area contributed by atoms with Gasteiger partial charge >= 0.3 is 0 Å². The lowest BCUT2D eigenvalue weighted by Gasteiger charge is -2.38. The fraction of sp³-hybridized carbons (Fsp3) is 0.667. The molecule has 1 saturated heterocycles. The fourth-order valence-electron chi connectivity index (χ4n) is 3.82. The van der Waals surface area contributed by atoms with E-state index in [0.29, 0.717) is 12.1 Å². The van der Waals surface area contributed by atoms with Gasteiger partial charge < -0.3 is 8.27 Å². The second-order valence-electron chi connectivity index (χ2n) is 6.25. The Labute approximate surface area is 149 Å². The second-order valence-corrected chi connectivity index (χ2v) is 6.79. The topological polar surface area (TPSA) is 68.1 Å². The molecule has 0 atom stereocenters. The van der Waals surface area contributed by atoms with Crippen molar-refractivity contribution in [3.8, 4) is 0 Å². The number of ether oxygens (including phenoxy) is 1. The minimum absolute atomic E-state index is 0.446. The third-order valence-electron chi connectivity index (χ3n) is 5.05. The Morgan fingerprint density at radius 2 is 1.83 bits per heavy atom. The van der Waals surface area contributed by atoms with E-state index in [1.165, 1.54) is 12.8 Å². The summed E-state index contributed by atoms with van der Waals surface area (Å²) in [6, 6.07) is 1.15. The zero-order chi connectivity index (χ0) is 15.6. The molecule has 0 bridgehead atoms. The normalized spacial score (nSPS) is 26.5. The molecule has 0 unspecified atom stereocenters. The van der Waals surface area contributed by atoms with E-state index in [-0.39, 0.29) is 0 Å². The first-order valence-electron chi connectivity index (χ1n) is 8.23. The Kier molecular flexibility index (Phi) is 4.63. The van der Waals surface area contributed by atoms with Crippen LogP contribution >= 0.6 is 22.9 Å². The SMILES string of the molecule is INc1ncnc2c1cnn2C1CCC(N2CCOCC2)CC1. The summed E-state index contributed by atoms with van der Waals surface area (Å²) in [7, 11) is 0. The number of nitrogens with zero attached hydrogens (tertiary/aromatic N) is 5. The molecule has 1 N–H and O–H groups in total. The van der Waals surface area contributed by atoms with Crippen LogP contribution in [-0.2, 0) is 4.74 Å². The van der Waals surface area contributed by atoms with E-state index in [1.54, 1.807) is 6.33 Å². The van der Waals surface area contributed by atoms with Gasteiger partial charge in [-0.15, -0.1) is 0 Å². The molecule has 2 aromatic rings. The Morgan fingerprint density at radius 3 is 2.57 bits per heavy atom. The molecule has 4 rings (SSSR count). The molecule has 0 spiro atoms. The van der Waals surface area contributed by atoms with Crippen molar-refractivity contribution in [3.63, 3.8) is 0 Å². The second kappa shape index (κ2) is 6.86. The van der Waals surface area contributed by atoms with Crippen LogP contribution in [0.4, 0.5) is 5.82 Å². The lowest BCUT2D eigenvalue weighted by molar-refractivity contribution is 0.00520. The van der Waals surface area contributed by atoms with Gasteiger partial charge in [-0.2, -0.15) is 5.10 Å². The van der Waals surface area contributed by atoms with E-state index < -0.39 is 0 Å². The van der Waals surface area contributed by atoms with Gasteiger partial charge in [-0.05, 0) is 25.7 Å². The molecule has 3 heterocycles. The number of hydrogen-bond donors (Lipinski definition) is 1. The summed E-state index contributed by atoms with van der Waals surface area (Å²) in [4.78, 5) is 11.3. The highest BCUT2D eigenvalue weighted by Crippen LogP contribution is 2.33. The van der Waals surface area contributed by atoms with E-state index in [2.05, 4.69) is 51.0 Å². The van der Waals surface area contributed by atoms with Crippen molar-refractivity contribution in [2.45, 2.75) is 37.8 Å². The summed E-state index contributed by atoms with van der Waals surface area (Å²) in [5, 5.41) is 5.60. The molecular weight excluding hydrogens is 407 g/mol. The van der Waals surface area contributed by atoms with Crippen LogP contribution in [0, 0.1) is 0 Å². The van der Waals surface area contributed by atoms with Crippen LogP contribution < -0.4 is 3.53 Å². The summed E-state index contributed by atoms with van der Waals surface area (Å²) < 4.78 is 10.6. The van der Waals surface area contributed by atoms with Crippen LogP contribution in [0.5, 0.6) is 0 Å². The summed E-state index contributed by atoms with van der Waals surface area (Å²) in [6.45, 7) is 3.93. The van der Waals surface area contributed by atoms with Gasteiger partial charge in [-0.1, -0.05) is 0 Å². The summed E-state index contributed by atoms with van der Waals surface area (Å²) in [6.07, 6.45) is 8.28. The quantitative estimate of drug-likeness (QED) is 0.599. The highest BCUT2D eigenvalue weighted by Gasteiger charge is 2.29. The van der Waals surface area contributed by atoms with Gasteiger partial charge in [0.1, 0.15) is 12.1 Å². The first-order chi connectivity index (χ1) is 11.4. The lowest BCUT2D eigenvalue weighted by Crippen LogP contribution is -2.45. The Hall–Kier alpha value is -1.00. The van der Waals surface area contributed by atoms with Crippen LogP contribution in [0.2, 0.25) is 0 Å². The van der Waals surface area contributed by atoms with E-state index in [9.17, 15) is 0 Å². The van der Waals surface area contributed by atoms with Gasteiger partial charge in [0, 0.05) is 19.1 Å². The van der Waals surface area contributed by atoms with Gasteiger partial charge in [0.2, 0.25) is 0 Å². The summed E-state index contributed by atoms with van der Waals surface area (Å²) >= 11 is 2.10. The van der Waals surface area contributed by atoms with Crippen molar-refractivity contribution in [3.05, 3.63) is 12.5 Å². The van der Waals surface area contributed by atoms with Crippen molar-refractivity contribution < 1.29 is 4.74 Å². The highest BCUT2D eigenvalue weighted by atomic mass is 127. The molecule has 0 radical (unpaired) electrons. The third-order valence-corrected chi connectivity index (χ3v) is 5.57. The molecule has 2 fully saturated rings. The van der Waals surface area contributed by atoms with Crippen LogP contribution in [0.25, 0.3) is 11.0 Å². The average molecular weight is 428 g/mol. The van der Waals surface area contributed by atoms with Gasteiger partial charge in [0.15, 0.2) is 5.65 Å². The summed E-state index contributed by atoms with van der Waals surface area (Å²) in [5.74, 6) is 0.837. The molecule has 0 amide bonds. The number of halogens is 1. The number of hydrogen-bond acceptors (Lipinski definition) is 6. The summed E-state index contributed by atoms with van der Waals surface area (Å²) in [5.41, 5.74) is 0.939. The molecular formula is C15H21IN6O. The molecule has 1 aliphatic heterocycles. The highest BCUT2D eigenvalue weighted by molar-refractivity contribution is 14.1. The Bertz CT molecular complexity index is 663. The zero-order valence-electron chi connectivity index (χ0n) is 13.0. The third kappa shape index (κ3) is 3.03. The van der Waals surface area contributed by atoms with Crippen LogP contribution in [0.15, 0.2) is 12.5 Å². The molecule has 1 saturated carbocycles. The maximum absolute atomic E-state index is 5.46. The monoisotopic (exact) mass is 428 g/mol. The van der Waals surface area contributed by atoms with Gasteiger partial charge in [-0.25, -0.2) is 14.6 Å². The maximum atomic E-state index is 5.46. The van der Waals surface area contributed by atoms with Gasteiger partial charge in [0.25, 0.3) is 0 Å². The Balaban J connectivity index is 1.48. The van der Waals surface area contributed by atoms with E-state index >= 15 is 0 Å². The minimum Gasteiger partial charge on any atom is -0.379 e. The molecule has 2 aliphatic rings. The predicted octanol–water partition coefficient (Wildman–Crippen LogP) is 2.40.